The Morgan fingerprint density at radius 2 is 1.95 bits per heavy atom. The van der Waals surface area contributed by atoms with Crippen molar-refractivity contribution in [3.8, 4) is 0 Å². The lowest BCUT2D eigenvalue weighted by Crippen LogP contribution is -2.36. The molecule has 0 atom stereocenters. The van der Waals surface area contributed by atoms with Crippen LogP contribution in [-0.4, -0.2) is 28.4 Å². The number of carboxylic acid groups (broad SMARTS) is 1. The van der Waals surface area contributed by atoms with Crippen molar-refractivity contribution in [2.75, 3.05) is 6.54 Å². The zero-order valence-corrected chi connectivity index (χ0v) is 13.6. The van der Waals surface area contributed by atoms with E-state index in [9.17, 15) is 9.59 Å². The molecule has 2 heterocycles. The number of carbonyl (C=O) groups excluding carboxylic acids is 1. The summed E-state index contributed by atoms with van der Waals surface area (Å²) in [6.07, 6.45) is 0.691. The second-order valence-electron chi connectivity index (χ2n) is 5.00. The van der Waals surface area contributed by atoms with Crippen molar-refractivity contribution in [3.63, 3.8) is 0 Å². The minimum absolute atomic E-state index is 0.181. The van der Waals surface area contributed by atoms with Crippen molar-refractivity contribution in [1.29, 1.82) is 0 Å². The van der Waals surface area contributed by atoms with Crippen molar-refractivity contribution in [2.45, 2.75) is 13.0 Å². The molecule has 2 aromatic rings. The molecule has 1 aromatic carbocycles. The van der Waals surface area contributed by atoms with Gasteiger partial charge in [0.05, 0.1) is 15.5 Å². The summed E-state index contributed by atoms with van der Waals surface area (Å²) in [6, 6.07) is 6.60. The predicted octanol–water partition coefficient (Wildman–Crippen LogP) is 3.95. The molecule has 1 amide bonds. The van der Waals surface area contributed by atoms with Crippen molar-refractivity contribution in [2.24, 2.45) is 0 Å². The summed E-state index contributed by atoms with van der Waals surface area (Å²) in [5, 5.41) is 9.07. The average molecular weight is 356 g/mol. The Bertz CT molecular complexity index is 772. The molecule has 0 radical (unpaired) electrons. The minimum atomic E-state index is -0.973. The molecule has 0 bridgehead atoms. The van der Waals surface area contributed by atoms with Gasteiger partial charge in [0.15, 0.2) is 0 Å². The third-order valence-electron chi connectivity index (χ3n) is 3.64. The lowest BCUT2D eigenvalue weighted by atomic mass is 9.97. The Balaban J connectivity index is 1.87. The molecule has 0 unspecified atom stereocenters. The summed E-state index contributed by atoms with van der Waals surface area (Å²) in [7, 11) is 0. The van der Waals surface area contributed by atoms with Crippen molar-refractivity contribution >= 4 is 46.4 Å². The highest BCUT2D eigenvalue weighted by Gasteiger charge is 2.25. The topological polar surface area (TPSA) is 57.6 Å². The number of carbonyl (C=O) groups is 2. The van der Waals surface area contributed by atoms with Crippen LogP contribution >= 0.6 is 34.5 Å². The third-order valence-corrected chi connectivity index (χ3v) is 5.13. The molecule has 1 aliphatic rings. The van der Waals surface area contributed by atoms with Gasteiger partial charge >= 0.3 is 5.97 Å². The largest absolute Gasteiger partial charge is 0.478 e. The fourth-order valence-corrected chi connectivity index (χ4v) is 3.97. The van der Waals surface area contributed by atoms with Gasteiger partial charge in [0, 0.05) is 13.1 Å². The molecular formula is C15H11Cl2NO3S. The second kappa shape index (κ2) is 5.91. The number of hydrogen-bond acceptors (Lipinski definition) is 3. The van der Waals surface area contributed by atoms with E-state index in [1.54, 1.807) is 23.1 Å². The number of nitrogens with zero attached hydrogens (tertiary/aromatic N) is 1. The van der Waals surface area contributed by atoms with Gasteiger partial charge in [-0.05, 0) is 35.7 Å². The first kappa shape index (κ1) is 15.3. The van der Waals surface area contributed by atoms with Gasteiger partial charge in [-0.1, -0.05) is 29.3 Å². The highest BCUT2D eigenvalue weighted by atomic mass is 35.5. The molecule has 22 heavy (non-hydrogen) atoms. The number of aromatic carboxylic acids is 1. The van der Waals surface area contributed by atoms with E-state index in [-0.39, 0.29) is 11.5 Å². The van der Waals surface area contributed by atoms with Gasteiger partial charge in [-0.25, -0.2) is 4.79 Å². The van der Waals surface area contributed by atoms with Crippen LogP contribution in [0.15, 0.2) is 24.3 Å². The Morgan fingerprint density at radius 3 is 2.59 bits per heavy atom. The molecule has 0 saturated carbocycles. The van der Waals surface area contributed by atoms with E-state index in [0.717, 1.165) is 22.5 Å². The van der Waals surface area contributed by atoms with Crippen LogP contribution in [-0.2, 0) is 13.0 Å². The molecule has 0 spiro atoms. The van der Waals surface area contributed by atoms with Gasteiger partial charge in [-0.15, -0.1) is 11.3 Å². The van der Waals surface area contributed by atoms with Crippen LogP contribution in [0, 0.1) is 0 Å². The number of fused-ring (bicyclic) bond motifs is 1. The van der Waals surface area contributed by atoms with E-state index < -0.39 is 5.97 Å². The zero-order valence-electron chi connectivity index (χ0n) is 11.3. The van der Waals surface area contributed by atoms with Crippen molar-refractivity contribution in [3.05, 3.63) is 55.2 Å². The van der Waals surface area contributed by atoms with E-state index in [0.29, 0.717) is 33.7 Å². The average Bonchev–Trinajstić information content (AvgIpc) is 2.84. The number of hydrogen-bond donors (Lipinski definition) is 1. The summed E-state index contributed by atoms with van der Waals surface area (Å²) in [6.45, 7) is 0.946. The quantitative estimate of drug-likeness (QED) is 0.886. The standard InChI is InChI=1S/C15H11Cl2NO3S/c16-12-6-11(13(17)22-12)14(19)18-4-3-8-1-2-9(15(20)21)5-10(8)7-18/h1-2,5-6H,3-4,7H2,(H,20,21). The Morgan fingerprint density at radius 1 is 1.18 bits per heavy atom. The van der Waals surface area contributed by atoms with Crippen LogP contribution in [0.25, 0.3) is 0 Å². The van der Waals surface area contributed by atoms with Gasteiger partial charge < -0.3 is 10.0 Å². The Labute approximate surface area is 140 Å². The number of halogens is 2. The van der Waals surface area contributed by atoms with Crippen LogP contribution in [0.5, 0.6) is 0 Å². The first-order valence-electron chi connectivity index (χ1n) is 6.55. The van der Waals surface area contributed by atoms with Crippen LogP contribution in [0.2, 0.25) is 8.67 Å². The van der Waals surface area contributed by atoms with Crippen LogP contribution < -0.4 is 0 Å². The molecule has 1 N–H and O–H groups in total. The normalized spacial score (nSPS) is 13.8. The number of benzene rings is 1. The van der Waals surface area contributed by atoms with E-state index in [4.69, 9.17) is 28.3 Å². The summed E-state index contributed by atoms with van der Waals surface area (Å²) < 4.78 is 0.846. The molecule has 4 nitrogen and oxygen atoms in total. The molecule has 114 valence electrons. The Hall–Kier alpha value is -1.56. The van der Waals surface area contributed by atoms with Crippen LogP contribution in [0.1, 0.15) is 31.8 Å². The number of carboxylic acids is 1. The van der Waals surface area contributed by atoms with Gasteiger partial charge in [0.1, 0.15) is 4.34 Å². The molecule has 0 fully saturated rings. The third kappa shape index (κ3) is 2.84. The van der Waals surface area contributed by atoms with E-state index in [2.05, 4.69) is 0 Å². The molecule has 1 aliphatic heterocycles. The summed E-state index contributed by atoms with van der Waals surface area (Å²) in [5.41, 5.74) is 2.56. The summed E-state index contributed by atoms with van der Waals surface area (Å²) in [4.78, 5) is 25.3. The van der Waals surface area contributed by atoms with Gasteiger partial charge in [-0.3, -0.25) is 4.79 Å². The van der Waals surface area contributed by atoms with Crippen molar-refractivity contribution in [1.82, 2.24) is 4.90 Å². The van der Waals surface area contributed by atoms with Crippen molar-refractivity contribution < 1.29 is 14.7 Å². The molecule has 3 rings (SSSR count). The number of thiophene rings is 1. The fourth-order valence-electron chi connectivity index (χ4n) is 2.52. The van der Waals surface area contributed by atoms with Gasteiger partial charge in [0.25, 0.3) is 5.91 Å². The molecule has 0 saturated heterocycles. The fraction of sp³-hybridized carbons (Fsp3) is 0.200. The minimum Gasteiger partial charge on any atom is -0.478 e. The predicted molar refractivity (Wildman–Crippen MR) is 86.2 cm³/mol. The maximum absolute atomic E-state index is 12.5. The van der Waals surface area contributed by atoms with Gasteiger partial charge in [-0.2, -0.15) is 0 Å². The molecule has 7 heteroatoms. The SMILES string of the molecule is O=C(O)c1ccc2c(c1)CN(C(=O)c1cc(Cl)sc1Cl)CC2. The van der Waals surface area contributed by atoms with E-state index >= 15 is 0 Å². The maximum atomic E-state index is 12.5. The van der Waals surface area contributed by atoms with Gasteiger partial charge in [0.2, 0.25) is 0 Å². The molecular weight excluding hydrogens is 345 g/mol. The lowest BCUT2D eigenvalue weighted by molar-refractivity contribution is 0.0696. The maximum Gasteiger partial charge on any atom is 0.335 e. The Kier molecular flexibility index (Phi) is 4.12. The van der Waals surface area contributed by atoms with E-state index in [1.165, 1.54) is 0 Å². The summed E-state index contributed by atoms with van der Waals surface area (Å²) in [5.74, 6) is -1.15. The molecule has 0 aliphatic carbocycles. The van der Waals surface area contributed by atoms with Crippen LogP contribution in [0.3, 0.4) is 0 Å². The highest BCUT2D eigenvalue weighted by Crippen LogP contribution is 2.33. The summed E-state index contributed by atoms with van der Waals surface area (Å²) >= 11 is 13.1. The highest BCUT2D eigenvalue weighted by molar-refractivity contribution is 7.20. The molecule has 1 aromatic heterocycles. The van der Waals surface area contributed by atoms with Crippen LogP contribution in [0.4, 0.5) is 0 Å². The first-order chi connectivity index (χ1) is 10.5. The number of rotatable bonds is 2. The smallest absolute Gasteiger partial charge is 0.335 e. The monoisotopic (exact) mass is 355 g/mol. The number of amides is 1. The van der Waals surface area contributed by atoms with E-state index in [1.807, 2.05) is 6.07 Å². The zero-order chi connectivity index (χ0) is 15.9. The lowest BCUT2D eigenvalue weighted by Gasteiger charge is -2.29. The first-order valence-corrected chi connectivity index (χ1v) is 8.12. The second-order valence-corrected chi connectivity index (χ2v) is 7.29.